The number of hydrogen-bond donors (Lipinski definition) is 1. The number of likely N-dealkylation sites (N-methyl/N-ethyl adjacent to an activating group) is 1. The number of nitrogens with one attached hydrogen (secondary N) is 1. The van der Waals surface area contributed by atoms with Crippen LogP contribution in [-0.2, 0) is 0 Å². The Kier molecular flexibility index (Phi) is 3.87. The summed E-state index contributed by atoms with van der Waals surface area (Å²) < 4.78 is 0. The first kappa shape index (κ1) is 12.9. The molecule has 0 aliphatic heterocycles. The minimum Gasteiger partial charge on any atom is -0.305 e. The van der Waals surface area contributed by atoms with Gasteiger partial charge in [-0.2, -0.15) is 0 Å². The van der Waals surface area contributed by atoms with Gasteiger partial charge in [0.2, 0.25) is 0 Å². The summed E-state index contributed by atoms with van der Waals surface area (Å²) in [4.78, 5) is 12.4. The van der Waals surface area contributed by atoms with Crippen LogP contribution in [0.5, 0.6) is 0 Å². The zero-order chi connectivity index (χ0) is 12.3. The summed E-state index contributed by atoms with van der Waals surface area (Å²) >= 11 is 0. The molecule has 0 aliphatic carbocycles. The Balaban J connectivity index is 3.09. The number of Topliss-reactive ketones (excluding diaryl/α,β-unsaturated/α-hetero) is 1. The van der Waals surface area contributed by atoms with Gasteiger partial charge in [0, 0.05) is 5.56 Å². The lowest BCUT2D eigenvalue weighted by Crippen LogP contribution is -2.46. The number of benzene rings is 1. The maximum Gasteiger partial charge on any atom is 0.182 e. The number of rotatable bonds is 4. The highest BCUT2D eigenvalue weighted by molar-refractivity contribution is 6.03. The minimum atomic E-state index is -0.493. The number of ketones is 1. The summed E-state index contributed by atoms with van der Waals surface area (Å²) in [7, 11) is 0. The van der Waals surface area contributed by atoms with E-state index in [0.29, 0.717) is 0 Å². The van der Waals surface area contributed by atoms with Gasteiger partial charge >= 0.3 is 0 Å². The first-order valence-electron chi connectivity index (χ1n) is 5.75. The quantitative estimate of drug-likeness (QED) is 0.789. The molecule has 88 valence electrons. The van der Waals surface area contributed by atoms with Crippen LogP contribution in [-0.4, -0.2) is 17.9 Å². The van der Waals surface area contributed by atoms with E-state index >= 15 is 0 Å². The average molecular weight is 219 g/mol. The standard InChI is InChI=1S/C14H21NO/c1-6-15-14(4,5)13(16)12-9-10(2)7-8-11(12)3/h7-9,15H,6H2,1-5H3. The number of carbonyl (C=O) groups is 1. The predicted octanol–water partition coefficient (Wildman–Crippen LogP) is 2.87. The fraction of sp³-hybridized carbons (Fsp3) is 0.500. The fourth-order valence-corrected chi connectivity index (χ4v) is 1.84. The van der Waals surface area contributed by atoms with E-state index in [-0.39, 0.29) is 5.78 Å². The van der Waals surface area contributed by atoms with Crippen LogP contribution in [0.2, 0.25) is 0 Å². The molecular weight excluding hydrogens is 198 g/mol. The van der Waals surface area contributed by atoms with Crippen LogP contribution in [0.4, 0.5) is 0 Å². The third kappa shape index (κ3) is 2.70. The van der Waals surface area contributed by atoms with Gasteiger partial charge in [-0.3, -0.25) is 4.79 Å². The van der Waals surface area contributed by atoms with Crippen LogP contribution in [0.15, 0.2) is 18.2 Å². The maximum atomic E-state index is 12.4. The molecule has 0 saturated heterocycles. The van der Waals surface area contributed by atoms with Gasteiger partial charge in [0.1, 0.15) is 0 Å². The molecule has 0 fully saturated rings. The van der Waals surface area contributed by atoms with Crippen molar-refractivity contribution in [3.63, 3.8) is 0 Å². The number of aryl methyl sites for hydroxylation is 2. The monoisotopic (exact) mass is 219 g/mol. The molecule has 0 amide bonds. The van der Waals surface area contributed by atoms with Gasteiger partial charge in [-0.25, -0.2) is 0 Å². The highest BCUT2D eigenvalue weighted by Gasteiger charge is 2.28. The van der Waals surface area contributed by atoms with E-state index in [9.17, 15) is 4.79 Å². The lowest BCUT2D eigenvalue weighted by Gasteiger charge is -2.25. The van der Waals surface area contributed by atoms with Gasteiger partial charge in [0.15, 0.2) is 5.78 Å². The summed E-state index contributed by atoms with van der Waals surface area (Å²) in [5.74, 6) is 0.163. The Morgan fingerprint density at radius 2 is 1.94 bits per heavy atom. The molecule has 0 radical (unpaired) electrons. The van der Waals surface area contributed by atoms with Gasteiger partial charge in [-0.1, -0.05) is 24.6 Å². The van der Waals surface area contributed by atoms with Gasteiger partial charge in [-0.05, 0) is 45.9 Å². The third-order valence-electron chi connectivity index (χ3n) is 2.82. The van der Waals surface area contributed by atoms with Gasteiger partial charge in [0.25, 0.3) is 0 Å². The lowest BCUT2D eigenvalue weighted by atomic mass is 9.90. The second-order valence-corrected chi connectivity index (χ2v) is 4.80. The van der Waals surface area contributed by atoms with Crippen molar-refractivity contribution in [2.24, 2.45) is 0 Å². The SMILES string of the molecule is CCNC(C)(C)C(=O)c1cc(C)ccc1C. The average Bonchev–Trinajstić information content (AvgIpc) is 2.20. The van der Waals surface area contributed by atoms with E-state index < -0.39 is 5.54 Å². The van der Waals surface area contributed by atoms with Crippen molar-refractivity contribution in [1.82, 2.24) is 5.32 Å². The van der Waals surface area contributed by atoms with E-state index in [2.05, 4.69) is 5.32 Å². The normalized spacial score (nSPS) is 11.6. The molecule has 1 aromatic carbocycles. The molecule has 0 aromatic heterocycles. The van der Waals surface area contributed by atoms with Crippen molar-refractivity contribution in [1.29, 1.82) is 0 Å². The predicted molar refractivity (Wildman–Crippen MR) is 68.0 cm³/mol. The number of hydrogen-bond acceptors (Lipinski definition) is 2. The smallest absolute Gasteiger partial charge is 0.182 e. The van der Waals surface area contributed by atoms with E-state index in [0.717, 1.165) is 23.2 Å². The van der Waals surface area contributed by atoms with Crippen molar-refractivity contribution in [2.45, 2.75) is 40.2 Å². The van der Waals surface area contributed by atoms with Crippen molar-refractivity contribution >= 4 is 5.78 Å². The molecule has 0 atom stereocenters. The molecule has 0 saturated carbocycles. The Morgan fingerprint density at radius 1 is 1.31 bits per heavy atom. The van der Waals surface area contributed by atoms with E-state index in [1.54, 1.807) is 0 Å². The van der Waals surface area contributed by atoms with Crippen LogP contribution in [0, 0.1) is 13.8 Å². The zero-order valence-electron chi connectivity index (χ0n) is 10.8. The first-order valence-corrected chi connectivity index (χ1v) is 5.75. The maximum absolute atomic E-state index is 12.4. The van der Waals surface area contributed by atoms with Crippen molar-refractivity contribution < 1.29 is 4.79 Å². The van der Waals surface area contributed by atoms with Gasteiger partial charge in [0.05, 0.1) is 5.54 Å². The van der Waals surface area contributed by atoms with E-state index in [1.807, 2.05) is 52.8 Å². The molecule has 16 heavy (non-hydrogen) atoms. The second kappa shape index (κ2) is 4.79. The summed E-state index contributed by atoms with van der Waals surface area (Å²) in [6.45, 7) is 10.7. The van der Waals surface area contributed by atoms with Crippen LogP contribution in [0.1, 0.15) is 42.3 Å². The van der Waals surface area contributed by atoms with Crippen molar-refractivity contribution in [2.75, 3.05) is 6.54 Å². The van der Waals surface area contributed by atoms with Crippen LogP contribution >= 0.6 is 0 Å². The van der Waals surface area contributed by atoms with Gasteiger partial charge in [-0.15, -0.1) is 0 Å². The first-order chi connectivity index (χ1) is 7.38. The lowest BCUT2D eigenvalue weighted by molar-refractivity contribution is 0.0883. The second-order valence-electron chi connectivity index (χ2n) is 4.80. The van der Waals surface area contributed by atoms with Crippen LogP contribution in [0.25, 0.3) is 0 Å². The van der Waals surface area contributed by atoms with Crippen LogP contribution in [0.3, 0.4) is 0 Å². The Hall–Kier alpha value is -1.15. The summed E-state index contributed by atoms with van der Waals surface area (Å²) in [6, 6.07) is 6.01. The Labute approximate surface area is 98.1 Å². The molecule has 0 spiro atoms. The molecule has 0 heterocycles. The molecular formula is C14H21NO. The van der Waals surface area contributed by atoms with Crippen LogP contribution < -0.4 is 5.32 Å². The summed E-state index contributed by atoms with van der Waals surface area (Å²) in [5, 5.41) is 3.22. The van der Waals surface area contributed by atoms with E-state index in [4.69, 9.17) is 0 Å². The largest absolute Gasteiger partial charge is 0.305 e. The van der Waals surface area contributed by atoms with Crippen molar-refractivity contribution in [3.8, 4) is 0 Å². The molecule has 0 aliphatic rings. The molecule has 2 heteroatoms. The van der Waals surface area contributed by atoms with Crippen molar-refractivity contribution in [3.05, 3.63) is 34.9 Å². The minimum absolute atomic E-state index is 0.163. The van der Waals surface area contributed by atoms with Gasteiger partial charge < -0.3 is 5.32 Å². The third-order valence-corrected chi connectivity index (χ3v) is 2.82. The molecule has 0 bridgehead atoms. The molecule has 1 N–H and O–H groups in total. The fourth-order valence-electron chi connectivity index (χ4n) is 1.84. The summed E-state index contributed by atoms with van der Waals surface area (Å²) in [5.41, 5.74) is 2.50. The highest BCUT2D eigenvalue weighted by Crippen LogP contribution is 2.18. The Bertz CT molecular complexity index is 394. The summed E-state index contributed by atoms with van der Waals surface area (Å²) in [6.07, 6.45) is 0. The molecule has 0 unspecified atom stereocenters. The number of carbonyl (C=O) groups excluding carboxylic acids is 1. The topological polar surface area (TPSA) is 29.1 Å². The Morgan fingerprint density at radius 3 is 2.50 bits per heavy atom. The zero-order valence-corrected chi connectivity index (χ0v) is 10.8. The van der Waals surface area contributed by atoms with E-state index in [1.165, 1.54) is 0 Å². The highest BCUT2D eigenvalue weighted by atomic mass is 16.1. The molecule has 2 nitrogen and oxygen atoms in total. The molecule has 1 aromatic rings. The molecule has 1 rings (SSSR count).